The Morgan fingerprint density at radius 1 is 1.00 bits per heavy atom. The summed E-state index contributed by atoms with van der Waals surface area (Å²) in [7, 11) is 5.57. The fraction of sp³-hybridized carbons (Fsp3) is 0.387. The number of carboxylic acids is 1. The summed E-state index contributed by atoms with van der Waals surface area (Å²) in [5, 5.41) is 13.7. The standard InChI is InChI=1S/C31H35Cl2N3O5/c1-36(2)16-7-17-41-27-18-20(8-11-25(27)33)28-22(23-19-21(40-3)9-12-24(23)32)10-13-26(34-28)29(37)35-31(30(38)39)14-5-4-6-15-31/h8-13,18-19H,4-7,14-17H2,1-3H3,(H,35,37)(H,38,39). The fourth-order valence-corrected chi connectivity index (χ4v) is 5.41. The number of amides is 1. The van der Waals surface area contributed by atoms with Crippen molar-refractivity contribution in [1.29, 1.82) is 0 Å². The SMILES string of the molecule is COc1ccc(Cl)c(-c2ccc(C(=O)NC3(C(=O)O)CCCCC3)nc2-c2ccc(Cl)c(OCCCN(C)C)c2)c1. The maximum Gasteiger partial charge on any atom is 0.329 e. The van der Waals surface area contributed by atoms with Crippen LogP contribution < -0.4 is 14.8 Å². The van der Waals surface area contributed by atoms with Crippen molar-refractivity contribution in [3.8, 4) is 33.9 Å². The number of benzene rings is 2. The van der Waals surface area contributed by atoms with E-state index in [2.05, 4.69) is 10.2 Å². The van der Waals surface area contributed by atoms with Gasteiger partial charge in [-0.2, -0.15) is 0 Å². The molecule has 10 heteroatoms. The van der Waals surface area contributed by atoms with Gasteiger partial charge in [0, 0.05) is 28.3 Å². The van der Waals surface area contributed by atoms with E-state index >= 15 is 0 Å². The van der Waals surface area contributed by atoms with E-state index in [1.165, 1.54) is 0 Å². The van der Waals surface area contributed by atoms with Crippen molar-refractivity contribution in [3.05, 3.63) is 64.3 Å². The highest BCUT2D eigenvalue weighted by atomic mass is 35.5. The van der Waals surface area contributed by atoms with Gasteiger partial charge in [0.15, 0.2) is 0 Å². The monoisotopic (exact) mass is 599 g/mol. The molecule has 0 radical (unpaired) electrons. The Bertz CT molecular complexity index is 1410. The molecule has 1 aliphatic carbocycles. The average Bonchev–Trinajstić information content (AvgIpc) is 2.96. The van der Waals surface area contributed by atoms with Gasteiger partial charge in [-0.1, -0.05) is 48.5 Å². The lowest BCUT2D eigenvalue weighted by atomic mass is 9.81. The molecule has 1 aromatic heterocycles. The van der Waals surface area contributed by atoms with Gasteiger partial charge in [0.1, 0.15) is 22.7 Å². The van der Waals surface area contributed by atoms with Crippen LogP contribution in [0.5, 0.6) is 11.5 Å². The van der Waals surface area contributed by atoms with E-state index in [9.17, 15) is 14.7 Å². The average molecular weight is 601 g/mol. The summed E-state index contributed by atoms with van der Waals surface area (Å²) >= 11 is 13.1. The zero-order valence-electron chi connectivity index (χ0n) is 23.5. The molecule has 4 rings (SSSR count). The van der Waals surface area contributed by atoms with Crippen LogP contribution in [0.4, 0.5) is 0 Å². The van der Waals surface area contributed by atoms with Gasteiger partial charge in [-0.05, 0) is 75.8 Å². The molecule has 0 spiro atoms. The van der Waals surface area contributed by atoms with Gasteiger partial charge in [0.05, 0.1) is 24.4 Å². The zero-order valence-corrected chi connectivity index (χ0v) is 25.0. The lowest BCUT2D eigenvalue weighted by Crippen LogP contribution is -2.55. The molecule has 1 heterocycles. The first-order valence-electron chi connectivity index (χ1n) is 13.6. The number of halogens is 2. The number of nitrogens with one attached hydrogen (secondary N) is 1. The van der Waals surface area contributed by atoms with E-state index in [0.29, 0.717) is 63.4 Å². The van der Waals surface area contributed by atoms with E-state index in [4.69, 9.17) is 37.7 Å². The number of hydrogen-bond acceptors (Lipinski definition) is 6. The number of carboxylic acid groups (broad SMARTS) is 1. The number of pyridine rings is 1. The summed E-state index contributed by atoms with van der Waals surface area (Å²) in [6.07, 6.45) is 3.99. The van der Waals surface area contributed by atoms with Crippen molar-refractivity contribution in [3.63, 3.8) is 0 Å². The van der Waals surface area contributed by atoms with Crippen LogP contribution in [0.15, 0.2) is 48.5 Å². The molecule has 0 saturated heterocycles. The normalized spacial score (nSPS) is 14.5. The molecule has 1 aliphatic rings. The van der Waals surface area contributed by atoms with Crippen LogP contribution in [-0.4, -0.2) is 66.8 Å². The number of nitrogens with zero attached hydrogens (tertiary/aromatic N) is 2. The van der Waals surface area contributed by atoms with Crippen LogP contribution in [0.1, 0.15) is 49.0 Å². The van der Waals surface area contributed by atoms with Gasteiger partial charge >= 0.3 is 5.97 Å². The fourth-order valence-electron chi connectivity index (χ4n) is 5.01. The number of aromatic nitrogens is 1. The number of carbonyl (C=O) groups excluding carboxylic acids is 1. The number of carbonyl (C=O) groups is 2. The summed E-state index contributed by atoms with van der Waals surface area (Å²) < 4.78 is 11.4. The van der Waals surface area contributed by atoms with E-state index in [-0.39, 0.29) is 5.69 Å². The molecule has 1 amide bonds. The predicted molar refractivity (Wildman–Crippen MR) is 161 cm³/mol. The van der Waals surface area contributed by atoms with Gasteiger partial charge in [-0.25, -0.2) is 9.78 Å². The molecule has 41 heavy (non-hydrogen) atoms. The maximum atomic E-state index is 13.4. The van der Waals surface area contributed by atoms with Crippen molar-refractivity contribution in [1.82, 2.24) is 15.2 Å². The van der Waals surface area contributed by atoms with Crippen LogP contribution >= 0.6 is 23.2 Å². The van der Waals surface area contributed by atoms with E-state index in [0.717, 1.165) is 32.2 Å². The van der Waals surface area contributed by atoms with Gasteiger partial charge in [-0.3, -0.25) is 4.79 Å². The van der Waals surface area contributed by atoms with E-state index in [1.54, 1.807) is 55.6 Å². The molecule has 2 N–H and O–H groups in total. The third kappa shape index (κ3) is 7.31. The van der Waals surface area contributed by atoms with Crippen LogP contribution in [0.2, 0.25) is 10.0 Å². The highest BCUT2D eigenvalue weighted by molar-refractivity contribution is 6.33. The molecule has 0 bridgehead atoms. The quantitative estimate of drug-likeness (QED) is 0.240. The molecule has 0 aliphatic heterocycles. The summed E-state index contributed by atoms with van der Waals surface area (Å²) in [5.74, 6) is -0.472. The second-order valence-corrected chi connectivity index (χ2v) is 11.3. The second-order valence-electron chi connectivity index (χ2n) is 10.5. The maximum absolute atomic E-state index is 13.4. The molecule has 2 aromatic carbocycles. The topological polar surface area (TPSA) is 101 Å². The first-order valence-corrected chi connectivity index (χ1v) is 14.4. The highest BCUT2D eigenvalue weighted by Crippen LogP contribution is 2.39. The molecule has 0 unspecified atom stereocenters. The summed E-state index contributed by atoms with van der Waals surface area (Å²) in [4.78, 5) is 32.5. The Labute approximate surface area is 250 Å². The van der Waals surface area contributed by atoms with Crippen LogP contribution in [0.25, 0.3) is 22.4 Å². The van der Waals surface area contributed by atoms with Gasteiger partial charge in [0.2, 0.25) is 0 Å². The van der Waals surface area contributed by atoms with E-state index in [1.807, 2.05) is 14.1 Å². The third-order valence-corrected chi connectivity index (χ3v) is 7.91. The number of rotatable bonds is 11. The van der Waals surface area contributed by atoms with Crippen molar-refractivity contribution in [2.24, 2.45) is 0 Å². The van der Waals surface area contributed by atoms with Crippen molar-refractivity contribution in [2.45, 2.75) is 44.1 Å². The molecule has 3 aromatic rings. The van der Waals surface area contributed by atoms with Crippen LogP contribution in [0.3, 0.4) is 0 Å². The largest absolute Gasteiger partial charge is 0.497 e. The Balaban J connectivity index is 1.77. The Hall–Kier alpha value is -3.33. The molecular formula is C31H35Cl2N3O5. The lowest BCUT2D eigenvalue weighted by molar-refractivity contribution is -0.145. The smallest absolute Gasteiger partial charge is 0.329 e. The number of aliphatic carboxylic acids is 1. The second kappa shape index (κ2) is 13.6. The van der Waals surface area contributed by atoms with Gasteiger partial charge in [-0.15, -0.1) is 0 Å². The van der Waals surface area contributed by atoms with Crippen molar-refractivity contribution in [2.75, 3.05) is 34.4 Å². The highest BCUT2D eigenvalue weighted by Gasteiger charge is 2.41. The summed E-state index contributed by atoms with van der Waals surface area (Å²) in [6, 6.07) is 14.0. The summed E-state index contributed by atoms with van der Waals surface area (Å²) in [6.45, 7) is 1.34. The molecule has 218 valence electrons. The predicted octanol–water partition coefficient (Wildman–Crippen LogP) is 6.58. The Kier molecular flexibility index (Phi) is 10.1. The van der Waals surface area contributed by atoms with Crippen LogP contribution in [0, 0.1) is 0 Å². The first-order chi connectivity index (χ1) is 19.6. The van der Waals surface area contributed by atoms with Crippen molar-refractivity contribution < 1.29 is 24.2 Å². The number of methoxy groups -OCH3 is 1. The third-order valence-electron chi connectivity index (χ3n) is 7.27. The minimum atomic E-state index is -1.31. The Morgan fingerprint density at radius 2 is 1.73 bits per heavy atom. The molecule has 1 fully saturated rings. The molecule has 1 saturated carbocycles. The van der Waals surface area contributed by atoms with Gasteiger partial charge in [0.25, 0.3) is 5.91 Å². The minimum absolute atomic E-state index is 0.0948. The Morgan fingerprint density at radius 3 is 2.41 bits per heavy atom. The van der Waals surface area contributed by atoms with Crippen LogP contribution in [-0.2, 0) is 4.79 Å². The molecule has 8 nitrogen and oxygen atoms in total. The zero-order chi connectivity index (χ0) is 29.6. The van der Waals surface area contributed by atoms with E-state index < -0.39 is 17.4 Å². The molecular weight excluding hydrogens is 565 g/mol. The molecule has 0 atom stereocenters. The van der Waals surface area contributed by atoms with Crippen molar-refractivity contribution >= 4 is 35.1 Å². The first kappa shape index (κ1) is 30.6. The summed E-state index contributed by atoms with van der Waals surface area (Å²) in [5.41, 5.74) is 1.24. The number of ether oxygens (including phenoxy) is 2. The van der Waals surface area contributed by atoms with Gasteiger partial charge < -0.3 is 24.8 Å². The number of hydrogen-bond donors (Lipinski definition) is 2. The lowest BCUT2D eigenvalue weighted by Gasteiger charge is -2.33. The minimum Gasteiger partial charge on any atom is -0.497 e.